The van der Waals surface area contributed by atoms with E-state index in [-0.39, 0.29) is 6.04 Å². The van der Waals surface area contributed by atoms with E-state index in [0.717, 1.165) is 28.1 Å². The minimum absolute atomic E-state index is 0.131. The molecule has 1 heterocycles. The zero-order valence-corrected chi connectivity index (χ0v) is 13.5. The molecular formula is C16H20F2N2S. The van der Waals surface area contributed by atoms with Crippen molar-refractivity contribution in [1.82, 2.24) is 10.3 Å². The first-order chi connectivity index (χ1) is 9.93. The zero-order valence-electron chi connectivity index (χ0n) is 12.7. The van der Waals surface area contributed by atoms with E-state index in [1.54, 1.807) is 6.07 Å². The van der Waals surface area contributed by atoms with Gasteiger partial charge in [-0.1, -0.05) is 19.1 Å². The van der Waals surface area contributed by atoms with Crippen LogP contribution in [0, 0.1) is 18.6 Å². The Morgan fingerprint density at radius 1 is 1.29 bits per heavy atom. The van der Waals surface area contributed by atoms with Gasteiger partial charge in [0, 0.05) is 16.5 Å². The highest BCUT2D eigenvalue weighted by atomic mass is 32.1. The highest BCUT2D eigenvalue weighted by Crippen LogP contribution is 2.31. The number of benzene rings is 1. The van der Waals surface area contributed by atoms with Crippen molar-refractivity contribution in [3.05, 3.63) is 51.0 Å². The highest BCUT2D eigenvalue weighted by molar-refractivity contribution is 7.11. The van der Waals surface area contributed by atoms with Crippen molar-refractivity contribution in [2.24, 2.45) is 0 Å². The third-order valence-electron chi connectivity index (χ3n) is 3.28. The molecule has 1 N–H and O–H groups in total. The second-order valence-corrected chi connectivity index (χ2v) is 6.54. The Morgan fingerprint density at radius 2 is 2.00 bits per heavy atom. The largest absolute Gasteiger partial charge is 0.302 e. The van der Waals surface area contributed by atoms with Crippen LogP contribution in [0.5, 0.6) is 0 Å². The van der Waals surface area contributed by atoms with E-state index in [1.807, 2.05) is 27.7 Å². The van der Waals surface area contributed by atoms with Crippen molar-refractivity contribution >= 4 is 11.3 Å². The predicted octanol–water partition coefficient (Wildman–Crippen LogP) is 4.38. The standard InChI is InChI=1S/C16H20F2N2S/c1-5-13-10(4)21-16(20-13)15(19-9(2)3)11-7-6-8-12(17)14(11)18/h6-9,15,19H,5H2,1-4H3. The Labute approximate surface area is 128 Å². The maximum atomic E-state index is 14.1. The Kier molecular flexibility index (Phi) is 5.06. The van der Waals surface area contributed by atoms with E-state index in [4.69, 9.17) is 0 Å². The molecule has 0 amide bonds. The van der Waals surface area contributed by atoms with E-state index in [0.29, 0.717) is 5.56 Å². The van der Waals surface area contributed by atoms with Crippen LogP contribution in [0.1, 0.15) is 48.0 Å². The van der Waals surface area contributed by atoms with Crippen molar-refractivity contribution in [2.75, 3.05) is 0 Å². The van der Waals surface area contributed by atoms with E-state index < -0.39 is 17.7 Å². The molecule has 0 spiro atoms. The first kappa shape index (κ1) is 16.0. The van der Waals surface area contributed by atoms with Gasteiger partial charge in [-0.3, -0.25) is 0 Å². The Bertz CT molecular complexity index is 623. The summed E-state index contributed by atoms with van der Waals surface area (Å²) in [4.78, 5) is 5.72. The first-order valence-corrected chi connectivity index (χ1v) is 7.91. The predicted molar refractivity (Wildman–Crippen MR) is 82.7 cm³/mol. The van der Waals surface area contributed by atoms with Gasteiger partial charge in [-0.15, -0.1) is 11.3 Å². The molecule has 114 valence electrons. The summed E-state index contributed by atoms with van der Waals surface area (Å²) in [5.74, 6) is -1.63. The lowest BCUT2D eigenvalue weighted by molar-refractivity contribution is 0.465. The van der Waals surface area contributed by atoms with E-state index in [1.165, 1.54) is 17.4 Å². The van der Waals surface area contributed by atoms with Crippen LogP contribution in [0.25, 0.3) is 0 Å². The van der Waals surface area contributed by atoms with Crippen LogP contribution in [0.4, 0.5) is 8.78 Å². The van der Waals surface area contributed by atoms with Crippen molar-refractivity contribution in [3.63, 3.8) is 0 Å². The van der Waals surface area contributed by atoms with Gasteiger partial charge >= 0.3 is 0 Å². The summed E-state index contributed by atoms with van der Waals surface area (Å²) in [6.45, 7) is 8.00. The SMILES string of the molecule is CCc1nc(C(NC(C)C)c2cccc(F)c2F)sc1C. The molecule has 1 aromatic carbocycles. The fraction of sp³-hybridized carbons (Fsp3) is 0.438. The summed E-state index contributed by atoms with van der Waals surface area (Å²) >= 11 is 1.54. The Morgan fingerprint density at radius 3 is 2.57 bits per heavy atom. The normalized spacial score (nSPS) is 12.9. The van der Waals surface area contributed by atoms with Crippen LogP contribution in [0.3, 0.4) is 0 Å². The van der Waals surface area contributed by atoms with Gasteiger partial charge < -0.3 is 5.32 Å². The molecule has 0 bridgehead atoms. The number of halogens is 2. The molecule has 21 heavy (non-hydrogen) atoms. The van der Waals surface area contributed by atoms with Gasteiger partial charge in [0.25, 0.3) is 0 Å². The molecule has 2 aromatic rings. The van der Waals surface area contributed by atoms with Crippen LogP contribution < -0.4 is 5.32 Å². The van der Waals surface area contributed by atoms with Gasteiger partial charge in [-0.05, 0) is 33.3 Å². The summed E-state index contributed by atoms with van der Waals surface area (Å²) in [5, 5.41) is 4.07. The van der Waals surface area contributed by atoms with Crippen LogP contribution in [0.15, 0.2) is 18.2 Å². The van der Waals surface area contributed by atoms with Gasteiger partial charge in [-0.2, -0.15) is 0 Å². The summed E-state index contributed by atoms with van der Waals surface area (Å²) in [5.41, 5.74) is 1.32. The number of rotatable bonds is 5. The quantitative estimate of drug-likeness (QED) is 0.886. The summed E-state index contributed by atoms with van der Waals surface area (Å²) in [6, 6.07) is 3.98. The van der Waals surface area contributed by atoms with Gasteiger partial charge in [0.05, 0.1) is 11.7 Å². The highest BCUT2D eigenvalue weighted by Gasteiger charge is 2.24. The number of hydrogen-bond acceptors (Lipinski definition) is 3. The minimum Gasteiger partial charge on any atom is -0.302 e. The average molecular weight is 310 g/mol. The molecular weight excluding hydrogens is 290 g/mol. The fourth-order valence-electron chi connectivity index (χ4n) is 2.27. The second kappa shape index (κ2) is 6.62. The van der Waals surface area contributed by atoms with Crippen molar-refractivity contribution in [2.45, 2.75) is 46.2 Å². The third kappa shape index (κ3) is 3.47. The molecule has 0 aliphatic rings. The lowest BCUT2D eigenvalue weighted by Gasteiger charge is -2.20. The number of thiazole rings is 1. The molecule has 1 aromatic heterocycles. The molecule has 5 heteroatoms. The van der Waals surface area contributed by atoms with Gasteiger partial charge in [0.15, 0.2) is 11.6 Å². The molecule has 0 aliphatic carbocycles. The van der Waals surface area contributed by atoms with Crippen LogP contribution in [0.2, 0.25) is 0 Å². The Hall–Kier alpha value is -1.33. The van der Waals surface area contributed by atoms with Crippen LogP contribution >= 0.6 is 11.3 Å². The molecule has 0 saturated carbocycles. The second-order valence-electron chi connectivity index (χ2n) is 5.31. The smallest absolute Gasteiger partial charge is 0.164 e. The van der Waals surface area contributed by atoms with E-state index in [2.05, 4.69) is 10.3 Å². The first-order valence-electron chi connectivity index (χ1n) is 7.10. The summed E-state index contributed by atoms with van der Waals surface area (Å²) < 4.78 is 27.7. The van der Waals surface area contributed by atoms with Gasteiger partial charge in [0.1, 0.15) is 5.01 Å². The number of aromatic nitrogens is 1. The number of nitrogens with one attached hydrogen (secondary N) is 1. The third-order valence-corrected chi connectivity index (χ3v) is 4.36. The average Bonchev–Trinajstić information content (AvgIpc) is 2.80. The van der Waals surface area contributed by atoms with E-state index >= 15 is 0 Å². The van der Waals surface area contributed by atoms with E-state index in [9.17, 15) is 8.78 Å². The molecule has 1 unspecified atom stereocenters. The summed E-state index contributed by atoms with van der Waals surface area (Å²) in [7, 11) is 0. The molecule has 0 saturated heterocycles. The molecule has 2 nitrogen and oxygen atoms in total. The van der Waals surface area contributed by atoms with Crippen molar-refractivity contribution < 1.29 is 8.78 Å². The molecule has 0 radical (unpaired) electrons. The topological polar surface area (TPSA) is 24.9 Å². The molecule has 2 rings (SSSR count). The maximum Gasteiger partial charge on any atom is 0.164 e. The monoisotopic (exact) mass is 310 g/mol. The van der Waals surface area contributed by atoms with Crippen LogP contribution in [-0.4, -0.2) is 11.0 Å². The minimum atomic E-state index is -0.827. The molecule has 1 atom stereocenters. The van der Waals surface area contributed by atoms with Crippen molar-refractivity contribution in [3.8, 4) is 0 Å². The summed E-state index contributed by atoms with van der Waals surface area (Å²) in [6.07, 6.45) is 0.836. The van der Waals surface area contributed by atoms with Crippen molar-refractivity contribution in [1.29, 1.82) is 0 Å². The maximum absolute atomic E-state index is 14.1. The molecule has 0 fully saturated rings. The Balaban J connectivity index is 2.49. The number of hydrogen-bond donors (Lipinski definition) is 1. The lowest BCUT2D eigenvalue weighted by atomic mass is 10.1. The van der Waals surface area contributed by atoms with Gasteiger partial charge in [-0.25, -0.2) is 13.8 Å². The fourth-order valence-corrected chi connectivity index (χ4v) is 3.36. The lowest BCUT2D eigenvalue weighted by Crippen LogP contribution is -2.29. The molecule has 0 aliphatic heterocycles. The zero-order chi connectivity index (χ0) is 15.6. The number of aryl methyl sites for hydroxylation is 2. The van der Waals surface area contributed by atoms with Gasteiger partial charge in [0.2, 0.25) is 0 Å². The van der Waals surface area contributed by atoms with Crippen LogP contribution in [-0.2, 0) is 6.42 Å². The number of nitrogens with zero attached hydrogens (tertiary/aromatic N) is 1.